The van der Waals surface area contributed by atoms with Crippen molar-refractivity contribution >= 4 is 0 Å². The first-order chi connectivity index (χ1) is 6.88. The lowest BCUT2D eigenvalue weighted by Gasteiger charge is -2.25. The zero-order valence-corrected chi connectivity index (χ0v) is 9.70. The highest BCUT2D eigenvalue weighted by Gasteiger charge is 2.29. The lowest BCUT2D eigenvalue weighted by Crippen LogP contribution is -2.20. The monoisotopic (exact) mass is 203 g/mol. The summed E-state index contributed by atoms with van der Waals surface area (Å²) in [5.74, 6) is 0. The molecule has 0 saturated carbocycles. The van der Waals surface area contributed by atoms with E-state index in [1.54, 1.807) is 13.8 Å². The third kappa shape index (κ3) is 2.37. The largest absolute Gasteiger partial charge is 0.387 e. The summed E-state index contributed by atoms with van der Waals surface area (Å²) in [6, 6.07) is 8.06. The highest BCUT2D eigenvalue weighted by molar-refractivity contribution is 5.34. The van der Waals surface area contributed by atoms with Gasteiger partial charge in [-0.2, -0.15) is 5.26 Å². The van der Waals surface area contributed by atoms with Crippen LogP contribution in [0.5, 0.6) is 0 Å². The second kappa shape index (κ2) is 4.04. The van der Waals surface area contributed by atoms with Crippen molar-refractivity contribution < 1.29 is 5.11 Å². The van der Waals surface area contributed by atoms with Crippen LogP contribution in [0.3, 0.4) is 0 Å². The van der Waals surface area contributed by atoms with Gasteiger partial charge in [-0.25, -0.2) is 0 Å². The Hall–Kier alpha value is -1.33. The number of aliphatic hydroxyl groups excluding tert-OH is 1. The molecule has 0 fully saturated rings. The summed E-state index contributed by atoms with van der Waals surface area (Å²) in [6.07, 6.45) is -0.734. The summed E-state index contributed by atoms with van der Waals surface area (Å²) in [4.78, 5) is 0. The maximum absolute atomic E-state index is 10.1. The zero-order chi connectivity index (χ0) is 11.6. The van der Waals surface area contributed by atoms with Crippen LogP contribution >= 0.6 is 0 Å². The normalized spacial score (nSPS) is 13.3. The minimum atomic E-state index is -0.751. The van der Waals surface area contributed by atoms with E-state index in [0.29, 0.717) is 0 Å². The fraction of sp³-hybridized carbons (Fsp3) is 0.462. The van der Waals surface area contributed by atoms with Gasteiger partial charge in [-0.15, -0.1) is 0 Å². The van der Waals surface area contributed by atoms with Crippen LogP contribution in [0.4, 0.5) is 0 Å². The van der Waals surface area contributed by atoms with E-state index in [1.165, 1.54) is 0 Å². The average molecular weight is 203 g/mol. The van der Waals surface area contributed by atoms with E-state index in [4.69, 9.17) is 5.26 Å². The Labute approximate surface area is 91.2 Å². The molecule has 1 unspecified atom stereocenters. The van der Waals surface area contributed by atoms with Crippen LogP contribution in [0.25, 0.3) is 0 Å². The molecule has 1 aromatic rings. The highest BCUT2D eigenvalue weighted by atomic mass is 16.3. The number of nitrogens with zero attached hydrogens (tertiary/aromatic N) is 1. The van der Waals surface area contributed by atoms with E-state index in [2.05, 4.69) is 6.07 Å². The second-order valence-electron chi connectivity index (χ2n) is 4.60. The molecule has 0 radical (unpaired) electrons. The van der Waals surface area contributed by atoms with Gasteiger partial charge in [0.2, 0.25) is 0 Å². The summed E-state index contributed by atoms with van der Waals surface area (Å²) in [5.41, 5.74) is 2.22. The molecule has 0 aliphatic rings. The Balaban J connectivity index is 3.17. The zero-order valence-electron chi connectivity index (χ0n) is 9.70. The van der Waals surface area contributed by atoms with Crippen molar-refractivity contribution in [1.29, 1.82) is 5.26 Å². The van der Waals surface area contributed by atoms with Crippen LogP contribution < -0.4 is 0 Å². The second-order valence-corrected chi connectivity index (χ2v) is 4.60. The number of benzene rings is 1. The molecule has 1 rings (SSSR count). The topological polar surface area (TPSA) is 44.0 Å². The van der Waals surface area contributed by atoms with Crippen LogP contribution in [0.1, 0.15) is 36.6 Å². The Bertz CT molecular complexity index is 401. The Morgan fingerprint density at radius 1 is 1.33 bits per heavy atom. The summed E-state index contributed by atoms with van der Waals surface area (Å²) >= 11 is 0. The fourth-order valence-electron chi connectivity index (χ4n) is 1.50. The molecule has 1 atom stereocenters. The third-order valence-electron chi connectivity index (χ3n) is 2.70. The number of aryl methyl sites for hydroxylation is 2. The van der Waals surface area contributed by atoms with Gasteiger partial charge in [-0.1, -0.05) is 23.8 Å². The van der Waals surface area contributed by atoms with Crippen molar-refractivity contribution in [2.24, 2.45) is 5.41 Å². The fourth-order valence-corrected chi connectivity index (χ4v) is 1.50. The van der Waals surface area contributed by atoms with Crippen molar-refractivity contribution in [2.45, 2.75) is 33.8 Å². The van der Waals surface area contributed by atoms with Crippen molar-refractivity contribution in [3.63, 3.8) is 0 Å². The van der Waals surface area contributed by atoms with Gasteiger partial charge in [0.05, 0.1) is 17.6 Å². The number of hydrogen-bond acceptors (Lipinski definition) is 2. The molecule has 0 amide bonds. The van der Waals surface area contributed by atoms with E-state index < -0.39 is 11.5 Å². The van der Waals surface area contributed by atoms with Gasteiger partial charge in [0, 0.05) is 0 Å². The van der Waals surface area contributed by atoms with Gasteiger partial charge in [0.1, 0.15) is 0 Å². The molecule has 0 heterocycles. The molecule has 0 aliphatic heterocycles. The number of rotatable bonds is 2. The molecule has 2 heteroatoms. The van der Waals surface area contributed by atoms with Crippen LogP contribution in [0, 0.1) is 30.6 Å². The lowest BCUT2D eigenvalue weighted by molar-refractivity contribution is 0.0861. The van der Waals surface area contributed by atoms with Crippen LogP contribution in [0.15, 0.2) is 18.2 Å². The maximum Gasteiger partial charge on any atom is 0.0973 e. The van der Waals surface area contributed by atoms with E-state index in [1.807, 2.05) is 32.0 Å². The van der Waals surface area contributed by atoms with Gasteiger partial charge in [-0.05, 0) is 38.8 Å². The minimum Gasteiger partial charge on any atom is -0.387 e. The molecule has 2 nitrogen and oxygen atoms in total. The first kappa shape index (κ1) is 11.7. The molecule has 0 bridgehead atoms. The van der Waals surface area contributed by atoms with E-state index >= 15 is 0 Å². The Morgan fingerprint density at radius 2 is 1.93 bits per heavy atom. The van der Waals surface area contributed by atoms with Crippen LogP contribution in [0.2, 0.25) is 0 Å². The predicted molar refractivity (Wildman–Crippen MR) is 60.3 cm³/mol. The molecule has 1 N–H and O–H groups in total. The predicted octanol–water partition coefficient (Wildman–Crippen LogP) is 2.89. The number of nitriles is 1. The molecule has 15 heavy (non-hydrogen) atoms. The molecular formula is C13H17NO. The number of aliphatic hydroxyl groups is 1. The quantitative estimate of drug-likeness (QED) is 0.803. The Kier molecular flexibility index (Phi) is 3.16. The van der Waals surface area contributed by atoms with Crippen molar-refractivity contribution in [1.82, 2.24) is 0 Å². The molecule has 0 spiro atoms. The van der Waals surface area contributed by atoms with Gasteiger partial charge >= 0.3 is 0 Å². The highest BCUT2D eigenvalue weighted by Crippen LogP contribution is 2.34. The van der Waals surface area contributed by atoms with Gasteiger partial charge in [0.15, 0.2) is 0 Å². The summed E-state index contributed by atoms with van der Waals surface area (Å²) in [5, 5.41) is 19.1. The van der Waals surface area contributed by atoms with Gasteiger partial charge in [0.25, 0.3) is 0 Å². The van der Waals surface area contributed by atoms with Crippen LogP contribution in [-0.4, -0.2) is 5.11 Å². The van der Waals surface area contributed by atoms with Gasteiger partial charge in [-0.3, -0.25) is 0 Å². The van der Waals surface area contributed by atoms with Crippen LogP contribution in [-0.2, 0) is 0 Å². The van der Waals surface area contributed by atoms with E-state index in [0.717, 1.165) is 16.7 Å². The van der Waals surface area contributed by atoms with Gasteiger partial charge < -0.3 is 5.11 Å². The van der Waals surface area contributed by atoms with E-state index in [-0.39, 0.29) is 0 Å². The van der Waals surface area contributed by atoms with E-state index in [9.17, 15) is 5.11 Å². The molecule has 0 aromatic heterocycles. The summed E-state index contributed by atoms with van der Waals surface area (Å²) in [7, 11) is 0. The maximum atomic E-state index is 10.1. The minimum absolute atomic E-state index is 0.734. The van der Waals surface area contributed by atoms with Crippen molar-refractivity contribution in [3.8, 4) is 6.07 Å². The van der Waals surface area contributed by atoms with Crippen molar-refractivity contribution in [2.75, 3.05) is 0 Å². The smallest absolute Gasteiger partial charge is 0.0973 e. The SMILES string of the molecule is Cc1ccc(C)c(C(O)C(C)(C)C#N)c1. The Morgan fingerprint density at radius 3 is 2.47 bits per heavy atom. The molecule has 0 aliphatic carbocycles. The summed E-state index contributed by atoms with van der Waals surface area (Å²) < 4.78 is 0. The third-order valence-corrected chi connectivity index (χ3v) is 2.70. The first-order valence-electron chi connectivity index (χ1n) is 5.05. The molecule has 1 aromatic carbocycles. The average Bonchev–Trinajstić information content (AvgIpc) is 2.20. The van der Waals surface area contributed by atoms with Crippen molar-refractivity contribution in [3.05, 3.63) is 34.9 Å². The number of hydrogen-bond donors (Lipinski definition) is 1. The summed E-state index contributed by atoms with van der Waals surface area (Å²) in [6.45, 7) is 7.43. The molecule has 80 valence electrons. The lowest BCUT2D eigenvalue weighted by atomic mass is 9.82. The standard InChI is InChI=1S/C13H17NO/c1-9-5-6-10(2)11(7-9)12(15)13(3,4)8-14/h5-7,12,15H,1-4H3. The first-order valence-corrected chi connectivity index (χ1v) is 5.05. The molecular weight excluding hydrogens is 186 g/mol. The molecule has 0 saturated heterocycles.